The average molecular weight is 432 g/mol. The molecule has 0 unspecified atom stereocenters. The Morgan fingerprint density at radius 1 is 1.03 bits per heavy atom. The molecule has 2 rings (SSSR count). The molecule has 1 amide bonds. The van der Waals surface area contributed by atoms with Crippen molar-refractivity contribution in [2.24, 2.45) is 0 Å². The first-order valence-corrected chi connectivity index (χ1v) is 11.7. The second kappa shape index (κ2) is 10.1. The van der Waals surface area contributed by atoms with Gasteiger partial charge in [-0.2, -0.15) is 0 Å². The molecule has 0 heterocycles. The van der Waals surface area contributed by atoms with Gasteiger partial charge in [0.1, 0.15) is 0 Å². The number of hydrogen-bond acceptors (Lipinski definition) is 4. The van der Waals surface area contributed by atoms with Crippen LogP contribution in [0, 0.1) is 0 Å². The number of anilines is 1. The standard InChI is InChI=1S/C23H33N3O3S/c1-6-7-16-26(5)20-14-12-18(13-15-20)22(27)24-17-19-10-8-9-11-21(19)30(28,29)25-23(2,3)4/h8-15,25H,6-7,16-17H2,1-5H3,(H,24,27). The van der Waals surface area contributed by atoms with Crippen LogP contribution in [0.1, 0.15) is 56.5 Å². The highest BCUT2D eigenvalue weighted by Crippen LogP contribution is 2.18. The van der Waals surface area contributed by atoms with Crippen molar-refractivity contribution >= 4 is 21.6 Å². The van der Waals surface area contributed by atoms with Gasteiger partial charge in [-0.15, -0.1) is 0 Å². The first-order valence-electron chi connectivity index (χ1n) is 10.2. The van der Waals surface area contributed by atoms with Gasteiger partial charge in [-0.25, -0.2) is 13.1 Å². The second-order valence-corrected chi connectivity index (χ2v) is 10.1. The van der Waals surface area contributed by atoms with Crippen molar-refractivity contribution in [2.45, 2.75) is 57.5 Å². The third-order valence-electron chi connectivity index (χ3n) is 4.56. The van der Waals surface area contributed by atoms with Crippen LogP contribution in [0.4, 0.5) is 5.69 Å². The highest BCUT2D eigenvalue weighted by molar-refractivity contribution is 7.89. The van der Waals surface area contributed by atoms with E-state index >= 15 is 0 Å². The van der Waals surface area contributed by atoms with E-state index in [-0.39, 0.29) is 17.3 Å². The lowest BCUT2D eigenvalue weighted by Crippen LogP contribution is -2.41. The monoisotopic (exact) mass is 431 g/mol. The molecule has 7 heteroatoms. The number of nitrogens with one attached hydrogen (secondary N) is 2. The van der Waals surface area contributed by atoms with Crippen LogP contribution in [0.15, 0.2) is 53.4 Å². The molecule has 2 N–H and O–H groups in total. The van der Waals surface area contributed by atoms with Crippen molar-refractivity contribution in [3.05, 3.63) is 59.7 Å². The van der Waals surface area contributed by atoms with E-state index in [9.17, 15) is 13.2 Å². The molecule has 0 aromatic heterocycles. The Bertz CT molecular complexity index is 948. The number of carbonyl (C=O) groups excluding carboxylic acids is 1. The van der Waals surface area contributed by atoms with Gasteiger partial charge in [0, 0.05) is 36.9 Å². The number of nitrogens with zero attached hydrogens (tertiary/aromatic N) is 1. The molecule has 2 aromatic rings. The van der Waals surface area contributed by atoms with Crippen LogP contribution in [0.25, 0.3) is 0 Å². The Morgan fingerprint density at radius 2 is 1.67 bits per heavy atom. The Morgan fingerprint density at radius 3 is 2.27 bits per heavy atom. The van der Waals surface area contributed by atoms with Gasteiger partial charge in [0.25, 0.3) is 5.91 Å². The van der Waals surface area contributed by atoms with E-state index in [0.717, 1.165) is 25.1 Å². The van der Waals surface area contributed by atoms with Gasteiger partial charge in [-0.05, 0) is 63.1 Å². The van der Waals surface area contributed by atoms with E-state index in [1.807, 2.05) is 19.2 Å². The zero-order chi connectivity index (χ0) is 22.4. The van der Waals surface area contributed by atoms with Crippen LogP contribution in [0.3, 0.4) is 0 Å². The number of benzene rings is 2. The molecule has 0 saturated heterocycles. The largest absolute Gasteiger partial charge is 0.375 e. The number of amides is 1. The fourth-order valence-corrected chi connectivity index (χ4v) is 4.70. The van der Waals surface area contributed by atoms with E-state index in [1.54, 1.807) is 57.2 Å². The minimum Gasteiger partial charge on any atom is -0.375 e. The highest BCUT2D eigenvalue weighted by Gasteiger charge is 2.24. The zero-order valence-corrected chi connectivity index (χ0v) is 19.3. The summed E-state index contributed by atoms with van der Waals surface area (Å²) >= 11 is 0. The third kappa shape index (κ3) is 6.85. The van der Waals surface area contributed by atoms with Crippen molar-refractivity contribution in [3.8, 4) is 0 Å². The number of hydrogen-bond donors (Lipinski definition) is 2. The Balaban J connectivity index is 2.08. The molecule has 0 bridgehead atoms. The zero-order valence-electron chi connectivity index (χ0n) is 18.5. The predicted molar refractivity (Wildman–Crippen MR) is 122 cm³/mol. The van der Waals surface area contributed by atoms with Crippen LogP contribution in [-0.4, -0.2) is 33.5 Å². The summed E-state index contributed by atoms with van der Waals surface area (Å²) in [6.45, 7) is 8.62. The smallest absolute Gasteiger partial charge is 0.251 e. The van der Waals surface area contributed by atoms with Crippen LogP contribution < -0.4 is 14.9 Å². The third-order valence-corrected chi connectivity index (χ3v) is 6.42. The minimum atomic E-state index is -3.69. The molecular formula is C23H33N3O3S. The lowest BCUT2D eigenvalue weighted by atomic mass is 10.1. The molecule has 2 aromatic carbocycles. The molecule has 0 saturated carbocycles. The first kappa shape index (κ1) is 23.9. The lowest BCUT2D eigenvalue weighted by molar-refractivity contribution is 0.0950. The molecular weight excluding hydrogens is 398 g/mol. The van der Waals surface area contributed by atoms with Gasteiger partial charge in [-0.1, -0.05) is 31.5 Å². The number of carbonyl (C=O) groups is 1. The van der Waals surface area contributed by atoms with Crippen LogP contribution in [-0.2, 0) is 16.6 Å². The number of unbranched alkanes of at least 4 members (excludes halogenated alkanes) is 1. The Kier molecular flexibility index (Phi) is 8.03. The Hall–Kier alpha value is -2.38. The van der Waals surface area contributed by atoms with E-state index in [4.69, 9.17) is 0 Å². The SMILES string of the molecule is CCCCN(C)c1ccc(C(=O)NCc2ccccc2S(=O)(=O)NC(C)(C)C)cc1. The van der Waals surface area contributed by atoms with E-state index in [1.165, 1.54) is 0 Å². The molecule has 0 aliphatic rings. The molecule has 0 atom stereocenters. The van der Waals surface area contributed by atoms with Crippen molar-refractivity contribution in [2.75, 3.05) is 18.5 Å². The van der Waals surface area contributed by atoms with Crippen LogP contribution >= 0.6 is 0 Å². The van der Waals surface area contributed by atoms with Gasteiger partial charge >= 0.3 is 0 Å². The van der Waals surface area contributed by atoms with Crippen LogP contribution in [0.2, 0.25) is 0 Å². The summed E-state index contributed by atoms with van der Waals surface area (Å²) in [5.74, 6) is -0.242. The minimum absolute atomic E-state index is 0.123. The summed E-state index contributed by atoms with van der Waals surface area (Å²) in [6.07, 6.45) is 2.25. The fraction of sp³-hybridized carbons (Fsp3) is 0.435. The summed E-state index contributed by atoms with van der Waals surface area (Å²) in [7, 11) is -1.66. The molecule has 6 nitrogen and oxygen atoms in total. The second-order valence-electron chi connectivity index (χ2n) is 8.47. The summed E-state index contributed by atoms with van der Waals surface area (Å²) in [6, 6.07) is 14.1. The molecule has 0 aliphatic carbocycles. The van der Waals surface area contributed by atoms with Gasteiger partial charge in [0.15, 0.2) is 0 Å². The van der Waals surface area contributed by atoms with Gasteiger partial charge in [0.2, 0.25) is 10.0 Å². The maximum atomic E-state index is 12.7. The average Bonchev–Trinajstić information content (AvgIpc) is 2.68. The quantitative estimate of drug-likeness (QED) is 0.631. The first-order chi connectivity index (χ1) is 14.0. The number of sulfonamides is 1. The lowest BCUT2D eigenvalue weighted by Gasteiger charge is -2.21. The molecule has 164 valence electrons. The highest BCUT2D eigenvalue weighted by atomic mass is 32.2. The van der Waals surface area contributed by atoms with E-state index < -0.39 is 15.6 Å². The summed E-state index contributed by atoms with van der Waals surface area (Å²) < 4.78 is 28.1. The molecule has 0 fully saturated rings. The molecule has 0 radical (unpaired) electrons. The van der Waals surface area contributed by atoms with E-state index in [2.05, 4.69) is 21.9 Å². The predicted octanol–water partition coefficient (Wildman–Crippen LogP) is 3.93. The van der Waals surface area contributed by atoms with Crippen molar-refractivity contribution in [3.63, 3.8) is 0 Å². The van der Waals surface area contributed by atoms with Crippen LogP contribution in [0.5, 0.6) is 0 Å². The van der Waals surface area contributed by atoms with Gasteiger partial charge in [-0.3, -0.25) is 4.79 Å². The van der Waals surface area contributed by atoms with Crippen molar-refractivity contribution < 1.29 is 13.2 Å². The normalized spacial score (nSPS) is 11.9. The fourth-order valence-electron chi connectivity index (χ4n) is 3.04. The molecule has 0 aliphatic heterocycles. The molecule has 30 heavy (non-hydrogen) atoms. The maximum absolute atomic E-state index is 12.7. The molecule has 0 spiro atoms. The Labute approximate surface area is 180 Å². The summed E-state index contributed by atoms with van der Waals surface area (Å²) in [5, 5.41) is 2.83. The topological polar surface area (TPSA) is 78.5 Å². The summed E-state index contributed by atoms with van der Waals surface area (Å²) in [4.78, 5) is 14.9. The summed E-state index contributed by atoms with van der Waals surface area (Å²) in [5.41, 5.74) is 1.54. The maximum Gasteiger partial charge on any atom is 0.251 e. The van der Waals surface area contributed by atoms with Crippen molar-refractivity contribution in [1.82, 2.24) is 10.0 Å². The van der Waals surface area contributed by atoms with Crippen molar-refractivity contribution in [1.29, 1.82) is 0 Å². The van der Waals surface area contributed by atoms with E-state index in [0.29, 0.717) is 11.1 Å². The number of rotatable bonds is 9. The van der Waals surface area contributed by atoms with Gasteiger partial charge in [0.05, 0.1) is 4.90 Å². The van der Waals surface area contributed by atoms with Gasteiger partial charge < -0.3 is 10.2 Å².